The number of hydrogen-bond acceptors (Lipinski definition) is 3. The zero-order valence-electron chi connectivity index (χ0n) is 10.7. The van der Waals surface area contributed by atoms with Crippen molar-refractivity contribution in [1.29, 1.82) is 0 Å². The third-order valence-corrected chi connectivity index (χ3v) is 2.98. The first-order valence-corrected chi connectivity index (χ1v) is 6.18. The van der Waals surface area contributed by atoms with Crippen LogP contribution in [0.25, 0.3) is 0 Å². The third-order valence-electron chi connectivity index (χ3n) is 2.98. The Bertz CT molecular complexity index is 393. The van der Waals surface area contributed by atoms with Gasteiger partial charge in [-0.3, -0.25) is 9.69 Å². The molecule has 1 aromatic rings. The molecule has 2 N–H and O–H groups in total. The van der Waals surface area contributed by atoms with Gasteiger partial charge in [0.2, 0.25) is 5.91 Å². The number of nitrogens with one attached hydrogen (secondary N) is 2. The minimum absolute atomic E-state index is 0. The second kappa shape index (κ2) is 8.09. The zero-order valence-corrected chi connectivity index (χ0v) is 11.5. The average molecular weight is 288 g/mol. The first-order chi connectivity index (χ1) is 8.74. The number of carbonyl (C=O) groups is 1. The molecule has 1 aliphatic heterocycles. The van der Waals surface area contributed by atoms with Crippen LogP contribution in [0, 0.1) is 5.82 Å². The maximum Gasteiger partial charge on any atom is 0.234 e. The summed E-state index contributed by atoms with van der Waals surface area (Å²) in [6.45, 7) is 4.57. The highest BCUT2D eigenvalue weighted by Gasteiger charge is 2.12. The van der Waals surface area contributed by atoms with Crippen LogP contribution in [-0.4, -0.2) is 43.5 Å². The Kier molecular flexibility index (Phi) is 6.77. The van der Waals surface area contributed by atoms with E-state index >= 15 is 0 Å². The molecule has 0 atom stereocenters. The molecular formula is C13H19ClFN3O. The van der Waals surface area contributed by atoms with E-state index < -0.39 is 0 Å². The molecule has 0 unspecified atom stereocenters. The number of halogens is 2. The molecule has 0 spiro atoms. The Morgan fingerprint density at radius 1 is 1.26 bits per heavy atom. The van der Waals surface area contributed by atoms with Crippen LogP contribution in [0.5, 0.6) is 0 Å². The molecule has 6 heteroatoms. The maximum absolute atomic E-state index is 12.7. The third kappa shape index (κ3) is 5.55. The predicted molar refractivity (Wildman–Crippen MR) is 74.8 cm³/mol. The fourth-order valence-electron chi connectivity index (χ4n) is 1.93. The van der Waals surface area contributed by atoms with Crippen LogP contribution in [0.4, 0.5) is 4.39 Å². The number of piperazine rings is 1. The van der Waals surface area contributed by atoms with Crippen molar-refractivity contribution < 1.29 is 9.18 Å². The van der Waals surface area contributed by atoms with Crippen LogP contribution in [0.3, 0.4) is 0 Å². The topological polar surface area (TPSA) is 44.4 Å². The van der Waals surface area contributed by atoms with E-state index in [2.05, 4.69) is 15.5 Å². The van der Waals surface area contributed by atoms with E-state index in [1.165, 1.54) is 12.1 Å². The molecule has 1 saturated heterocycles. The summed E-state index contributed by atoms with van der Waals surface area (Å²) < 4.78 is 12.7. The van der Waals surface area contributed by atoms with Crippen molar-refractivity contribution in [3.05, 3.63) is 35.6 Å². The van der Waals surface area contributed by atoms with E-state index in [0.717, 1.165) is 31.7 Å². The molecule has 1 aliphatic rings. The van der Waals surface area contributed by atoms with E-state index in [4.69, 9.17) is 0 Å². The average Bonchev–Trinajstić information content (AvgIpc) is 2.39. The first-order valence-electron chi connectivity index (χ1n) is 6.18. The normalized spacial score (nSPS) is 15.6. The van der Waals surface area contributed by atoms with Crippen LogP contribution < -0.4 is 10.6 Å². The van der Waals surface area contributed by atoms with E-state index in [-0.39, 0.29) is 24.1 Å². The quantitative estimate of drug-likeness (QED) is 0.860. The predicted octanol–water partition coefficient (Wildman–Crippen LogP) is 0.769. The molecule has 1 amide bonds. The summed E-state index contributed by atoms with van der Waals surface area (Å²) in [7, 11) is 0. The van der Waals surface area contributed by atoms with Gasteiger partial charge in [-0.2, -0.15) is 0 Å². The monoisotopic (exact) mass is 287 g/mol. The fourth-order valence-corrected chi connectivity index (χ4v) is 1.93. The molecule has 1 heterocycles. The van der Waals surface area contributed by atoms with Crippen LogP contribution in [0.1, 0.15) is 5.56 Å². The Morgan fingerprint density at radius 3 is 2.53 bits per heavy atom. The van der Waals surface area contributed by atoms with Gasteiger partial charge in [-0.05, 0) is 17.7 Å². The van der Waals surface area contributed by atoms with Gasteiger partial charge in [-0.25, -0.2) is 4.39 Å². The largest absolute Gasteiger partial charge is 0.351 e. The van der Waals surface area contributed by atoms with Gasteiger partial charge < -0.3 is 10.6 Å². The van der Waals surface area contributed by atoms with Crippen molar-refractivity contribution in [3.63, 3.8) is 0 Å². The van der Waals surface area contributed by atoms with Gasteiger partial charge in [-0.1, -0.05) is 12.1 Å². The second-order valence-electron chi connectivity index (χ2n) is 4.43. The van der Waals surface area contributed by atoms with Crippen molar-refractivity contribution in [2.45, 2.75) is 6.54 Å². The molecule has 2 rings (SSSR count). The number of nitrogens with zero attached hydrogens (tertiary/aromatic N) is 1. The minimum Gasteiger partial charge on any atom is -0.351 e. The van der Waals surface area contributed by atoms with E-state index in [1.807, 2.05) is 0 Å². The van der Waals surface area contributed by atoms with Crippen LogP contribution in [0.15, 0.2) is 24.3 Å². The van der Waals surface area contributed by atoms with Crippen molar-refractivity contribution in [2.24, 2.45) is 0 Å². The van der Waals surface area contributed by atoms with Gasteiger partial charge in [0.1, 0.15) is 5.82 Å². The Balaban J connectivity index is 0.00000180. The minimum atomic E-state index is -0.258. The standard InChI is InChI=1S/C13H18FN3O.ClH/c14-12-3-1-11(2-4-12)9-16-13(18)10-17-7-5-15-6-8-17;/h1-4,15H,5-10H2,(H,16,18);1H. The number of hydrogen-bond donors (Lipinski definition) is 2. The molecular weight excluding hydrogens is 269 g/mol. The number of benzene rings is 1. The molecule has 0 aliphatic carbocycles. The fraction of sp³-hybridized carbons (Fsp3) is 0.462. The van der Waals surface area contributed by atoms with Crippen molar-refractivity contribution in [3.8, 4) is 0 Å². The molecule has 1 aromatic carbocycles. The van der Waals surface area contributed by atoms with Gasteiger partial charge in [0, 0.05) is 32.7 Å². The molecule has 1 fully saturated rings. The number of carbonyl (C=O) groups excluding carboxylic acids is 1. The molecule has 0 saturated carbocycles. The molecule has 0 bridgehead atoms. The lowest BCUT2D eigenvalue weighted by atomic mass is 10.2. The first kappa shape index (κ1) is 15.9. The summed E-state index contributed by atoms with van der Waals surface area (Å²) in [6, 6.07) is 6.16. The van der Waals surface area contributed by atoms with E-state index in [1.54, 1.807) is 12.1 Å². The molecule has 4 nitrogen and oxygen atoms in total. The highest BCUT2D eigenvalue weighted by molar-refractivity contribution is 5.85. The van der Waals surface area contributed by atoms with Crippen LogP contribution >= 0.6 is 12.4 Å². The Hall–Kier alpha value is -1.17. The molecule has 106 valence electrons. The SMILES string of the molecule is Cl.O=C(CN1CCNCC1)NCc1ccc(F)cc1. The summed E-state index contributed by atoms with van der Waals surface area (Å²) in [6.07, 6.45) is 0. The van der Waals surface area contributed by atoms with Gasteiger partial charge in [-0.15, -0.1) is 12.4 Å². The lowest BCUT2D eigenvalue weighted by Gasteiger charge is -2.26. The smallest absolute Gasteiger partial charge is 0.234 e. The molecule has 0 aromatic heterocycles. The lowest BCUT2D eigenvalue weighted by Crippen LogP contribution is -2.47. The lowest BCUT2D eigenvalue weighted by molar-refractivity contribution is -0.122. The van der Waals surface area contributed by atoms with E-state index in [9.17, 15) is 9.18 Å². The maximum atomic E-state index is 12.7. The van der Waals surface area contributed by atoms with Gasteiger partial charge in [0.25, 0.3) is 0 Å². The Morgan fingerprint density at radius 2 is 1.89 bits per heavy atom. The van der Waals surface area contributed by atoms with Crippen LogP contribution in [0.2, 0.25) is 0 Å². The molecule has 19 heavy (non-hydrogen) atoms. The highest BCUT2D eigenvalue weighted by atomic mass is 35.5. The zero-order chi connectivity index (χ0) is 12.8. The number of amides is 1. The highest BCUT2D eigenvalue weighted by Crippen LogP contribution is 2.02. The summed E-state index contributed by atoms with van der Waals surface area (Å²) >= 11 is 0. The van der Waals surface area contributed by atoms with Crippen LogP contribution in [-0.2, 0) is 11.3 Å². The van der Waals surface area contributed by atoms with Gasteiger partial charge in [0.15, 0.2) is 0 Å². The summed E-state index contributed by atoms with van der Waals surface area (Å²) in [4.78, 5) is 13.8. The summed E-state index contributed by atoms with van der Waals surface area (Å²) in [5, 5.41) is 6.08. The Labute approximate surface area is 118 Å². The summed E-state index contributed by atoms with van der Waals surface area (Å²) in [5.74, 6) is -0.243. The number of rotatable bonds is 4. The van der Waals surface area contributed by atoms with Crippen molar-refractivity contribution in [1.82, 2.24) is 15.5 Å². The second-order valence-corrected chi connectivity index (χ2v) is 4.43. The van der Waals surface area contributed by atoms with Gasteiger partial charge in [0.05, 0.1) is 6.54 Å². The van der Waals surface area contributed by atoms with E-state index in [0.29, 0.717) is 13.1 Å². The van der Waals surface area contributed by atoms with Crippen molar-refractivity contribution >= 4 is 18.3 Å². The molecule has 0 radical (unpaired) electrons. The van der Waals surface area contributed by atoms with Gasteiger partial charge >= 0.3 is 0 Å². The summed E-state index contributed by atoms with van der Waals surface area (Å²) in [5.41, 5.74) is 0.907. The van der Waals surface area contributed by atoms with Crippen molar-refractivity contribution in [2.75, 3.05) is 32.7 Å².